The molecular formula is C33H38N4O3. The number of rotatable bonds is 9. The molecule has 0 aromatic heterocycles. The van der Waals surface area contributed by atoms with Gasteiger partial charge in [0.25, 0.3) is 5.91 Å². The quantitative estimate of drug-likeness (QED) is 0.256. The number of carbonyl (C=O) groups excluding carboxylic acids is 3. The summed E-state index contributed by atoms with van der Waals surface area (Å²) < 4.78 is 0. The van der Waals surface area contributed by atoms with E-state index >= 15 is 0 Å². The van der Waals surface area contributed by atoms with E-state index in [2.05, 4.69) is 29.8 Å². The van der Waals surface area contributed by atoms with Crippen LogP contribution in [0.1, 0.15) is 56.5 Å². The number of anilines is 2. The van der Waals surface area contributed by atoms with Crippen LogP contribution in [0.25, 0.3) is 16.7 Å². The highest BCUT2D eigenvalue weighted by Crippen LogP contribution is 2.35. The van der Waals surface area contributed by atoms with Crippen molar-refractivity contribution in [2.24, 2.45) is 17.6 Å². The molecule has 0 fully saturated rings. The van der Waals surface area contributed by atoms with E-state index < -0.39 is 6.04 Å². The average Bonchev–Trinajstić information content (AvgIpc) is 2.97. The minimum Gasteiger partial charge on any atom is -0.345 e. The molecule has 1 unspecified atom stereocenters. The van der Waals surface area contributed by atoms with E-state index in [-0.39, 0.29) is 35.6 Å². The predicted molar refractivity (Wildman–Crippen MR) is 162 cm³/mol. The fraction of sp³-hybridized carbons (Fsp3) is 0.303. The molecule has 0 radical (unpaired) electrons. The van der Waals surface area contributed by atoms with E-state index in [0.717, 1.165) is 35.1 Å². The van der Waals surface area contributed by atoms with Crippen molar-refractivity contribution in [3.8, 4) is 11.1 Å². The van der Waals surface area contributed by atoms with Gasteiger partial charge in [-0.3, -0.25) is 14.4 Å². The number of benzene rings is 3. The van der Waals surface area contributed by atoms with Crippen LogP contribution in [-0.2, 0) is 9.59 Å². The molecule has 3 aromatic carbocycles. The van der Waals surface area contributed by atoms with Gasteiger partial charge in [-0.2, -0.15) is 0 Å². The van der Waals surface area contributed by atoms with Crippen molar-refractivity contribution in [1.82, 2.24) is 5.32 Å². The number of amides is 3. The topological polar surface area (TPSA) is 113 Å². The smallest absolute Gasteiger partial charge is 0.252 e. The molecule has 7 heteroatoms. The number of carbonyl (C=O) groups is 3. The maximum atomic E-state index is 13.5. The molecule has 0 bridgehead atoms. The van der Waals surface area contributed by atoms with Crippen LogP contribution in [0.3, 0.4) is 0 Å². The molecule has 0 saturated heterocycles. The van der Waals surface area contributed by atoms with Crippen LogP contribution in [0, 0.1) is 11.8 Å². The zero-order valence-corrected chi connectivity index (χ0v) is 23.5. The molecule has 7 nitrogen and oxygen atoms in total. The first-order valence-corrected chi connectivity index (χ1v) is 13.9. The molecule has 5 N–H and O–H groups in total. The van der Waals surface area contributed by atoms with Crippen molar-refractivity contribution in [2.75, 3.05) is 10.6 Å². The summed E-state index contributed by atoms with van der Waals surface area (Å²) in [6.07, 6.45) is 3.23. The number of nitrogens with two attached hydrogens (primary N) is 1. The fourth-order valence-corrected chi connectivity index (χ4v) is 4.94. The fourth-order valence-electron chi connectivity index (χ4n) is 4.94. The van der Waals surface area contributed by atoms with Gasteiger partial charge in [-0.1, -0.05) is 95.1 Å². The number of hydrogen-bond donors (Lipinski definition) is 4. The molecule has 40 heavy (non-hydrogen) atoms. The van der Waals surface area contributed by atoms with Crippen molar-refractivity contribution >= 4 is 34.7 Å². The highest BCUT2D eigenvalue weighted by atomic mass is 16.2. The lowest BCUT2D eigenvalue weighted by atomic mass is 9.82. The molecule has 0 saturated carbocycles. The van der Waals surface area contributed by atoms with Crippen LogP contribution in [0.2, 0.25) is 0 Å². The molecule has 208 valence electrons. The summed E-state index contributed by atoms with van der Waals surface area (Å²) in [5.74, 6) is -0.499. The van der Waals surface area contributed by atoms with Gasteiger partial charge in [0.15, 0.2) is 0 Å². The molecule has 0 spiro atoms. The van der Waals surface area contributed by atoms with Crippen molar-refractivity contribution in [3.63, 3.8) is 0 Å². The summed E-state index contributed by atoms with van der Waals surface area (Å²) >= 11 is 0. The van der Waals surface area contributed by atoms with Gasteiger partial charge in [0, 0.05) is 34.1 Å². The Balaban J connectivity index is 1.67. The van der Waals surface area contributed by atoms with E-state index in [0.29, 0.717) is 16.9 Å². The lowest BCUT2D eigenvalue weighted by Crippen LogP contribution is -2.44. The summed E-state index contributed by atoms with van der Waals surface area (Å²) in [6, 6.07) is 21.4. The highest BCUT2D eigenvalue weighted by molar-refractivity contribution is 6.11. The van der Waals surface area contributed by atoms with Gasteiger partial charge in [0.2, 0.25) is 11.8 Å². The van der Waals surface area contributed by atoms with Crippen molar-refractivity contribution in [2.45, 2.75) is 52.6 Å². The van der Waals surface area contributed by atoms with E-state index in [1.165, 1.54) is 0 Å². The molecular weight excluding hydrogens is 500 g/mol. The van der Waals surface area contributed by atoms with Crippen molar-refractivity contribution in [1.29, 1.82) is 0 Å². The van der Waals surface area contributed by atoms with Gasteiger partial charge >= 0.3 is 0 Å². The first kappa shape index (κ1) is 28.8. The van der Waals surface area contributed by atoms with E-state index in [1.807, 2.05) is 80.6 Å². The summed E-state index contributed by atoms with van der Waals surface area (Å²) in [7, 11) is 0. The van der Waals surface area contributed by atoms with Crippen LogP contribution >= 0.6 is 0 Å². The van der Waals surface area contributed by atoms with Crippen molar-refractivity contribution < 1.29 is 14.4 Å². The van der Waals surface area contributed by atoms with Crippen LogP contribution in [-0.4, -0.2) is 29.8 Å². The lowest BCUT2D eigenvalue weighted by Gasteiger charge is -2.32. The highest BCUT2D eigenvalue weighted by Gasteiger charge is 2.32. The molecule has 0 aliphatic carbocycles. The van der Waals surface area contributed by atoms with Crippen LogP contribution in [0.5, 0.6) is 0 Å². The average molecular weight is 539 g/mol. The third-order valence-corrected chi connectivity index (χ3v) is 7.82. The first-order valence-electron chi connectivity index (χ1n) is 13.9. The summed E-state index contributed by atoms with van der Waals surface area (Å²) in [5.41, 5.74) is 11.0. The Bertz CT molecular complexity index is 1430. The number of nitrogens with one attached hydrogen (secondary N) is 3. The SMILES string of the molecule is CCC(C)[C@H](N)C(=O)Nc1ccccc1-c1ccccc1NC(=O)C=C1c2ccccc2C(=O)N[C@H]1[C@@H](C)CC. The van der Waals surface area contributed by atoms with Gasteiger partial charge in [-0.25, -0.2) is 0 Å². The van der Waals surface area contributed by atoms with E-state index in [1.54, 1.807) is 12.1 Å². The number of hydrogen-bond acceptors (Lipinski definition) is 4. The van der Waals surface area contributed by atoms with Gasteiger partial charge in [0.1, 0.15) is 0 Å². The first-order chi connectivity index (χ1) is 19.2. The van der Waals surface area contributed by atoms with Gasteiger partial charge in [-0.05, 0) is 41.2 Å². The Morgan fingerprint density at radius 3 is 1.93 bits per heavy atom. The minimum atomic E-state index is -0.628. The number of para-hydroxylation sites is 2. The van der Waals surface area contributed by atoms with Crippen molar-refractivity contribution in [3.05, 3.63) is 90.0 Å². The Morgan fingerprint density at radius 1 is 0.825 bits per heavy atom. The summed E-state index contributed by atoms with van der Waals surface area (Å²) in [4.78, 5) is 39.1. The maximum absolute atomic E-state index is 13.5. The monoisotopic (exact) mass is 538 g/mol. The minimum absolute atomic E-state index is 0.0423. The third kappa shape index (κ3) is 6.15. The molecule has 3 aromatic rings. The zero-order chi connectivity index (χ0) is 28.8. The molecule has 1 aliphatic rings. The Labute approximate surface area is 236 Å². The predicted octanol–water partition coefficient (Wildman–Crippen LogP) is 5.85. The lowest BCUT2D eigenvalue weighted by molar-refractivity contribution is -0.118. The second-order valence-electron chi connectivity index (χ2n) is 10.5. The van der Waals surface area contributed by atoms with Crippen LogP contribution in [0.15, 0.2) is 78.9 Å². The normalized spacial score (nSPS) is 17.8. The molecule has 4 atom stereocenters. The summed E-state index contributed by atoms with van der Waals surface area (Å²) in [5, 5.41) is 9.11. The standard InChI is InChI=1S/C33H38N4O3/c1-5-20(3)30(34)33(40)36-28-18-12-10-15-24(28)23-14-9-11-17-27(23)35-29(38)19-26-22-13-7-8-16-25(22)32(39)37-31(26)21(4)6-2/h7-21,30-31H,5-6,34H2,1-4H3,(H,35,38)(H,36,40)(H,37,39)/t20?,21-,30-,31-/m0/s1. The third-order valence-electron chi connectivity index (χ3n) is 7.82. The molecule has 1 heterocycles. The number of fused-ring (bicyclic) bond motifs is 1. The van der Waals surface area contributed by atoms with Crippen LogP contribution in [0.4, 0.5) is 11.4 Å². The molecule has 3 amide bonds. The Kier molecular flexibility index (Phi) is 9.17. The Hall–Kier alpha value is -4.23. The van der Waals surface area contributed by atoms with Crippen LogP contribution < -0.4 is 21.7 Å². The molecule has 1 aliphatic heterocycles. The second-order valence-corrected chi connectivity index (χ2v) is 10.5. The van der Waals surface area contributed by atoms with E-state index in [9.17, 15) is 14.4 Å². The zero-order valence-electron chi connectivity index (χ0n) is 23.5. The maximum Gasteiger partial charge on any atom is 0.252 e. The second kappa shape index (κ2) is 12.7. The van der Waals surface area contributed by atoms with Gasteiger partial charge < -0.3 is 21.7 Å². The van der Waals surface area contributed by atoms with Gasteiger partial charge in [-0.15, -0.1) is 0 Å². The Morgan fingerprint density at radius 2 is 1.35 bits per heavy atom. The summed E-state index contributed by atoms with van der Waals surface area (Å²) in [6.45, 7) is 8.10. The van der Waals surface area contributed by atoms with Gasteiger partial charge in [0.05, 0.1) is 12.1 Å². The molecule has 4 rings (SSSR count). The largest absolute Gasteiger partial charge is 0.345 e. The van der Waals surface area contributed by atoms with E-state index in [4.69, 9.17) is 5.73 Å².